The summed E-state index contributed by atoms with van der Waals surface area (Å²) in [7, 11) is -1.76. The van der Waals surface area contributed by atoms with Crippen molar-refractivity contribution in [3.63, 3.8) is 0 Å². The first-order valence-electron chi connectivity index (χ1n) is 6.88. The van der Waals surface area contributed by atoms with Crippen molar-refractivity contribution < 1.29 is 8.42 Å². The van der Waals surface area contributed by atoms with E-state index < -0.39 is 10.0 Å². The van der Waals surface area contributed by atoms with E-state index in [1.165, 1.54) is 4.31 Å². The molecule has 7 heteroatoms. The zero-order chi connectivity index (χ0) is 16.2. The van der Waals surface area contributed by atoms with Crippen molar-refractivity contribution >= 4 is 33.0 Å². The van der Waals surface area contributed by atoms with Gasteiger partial charge in [0.25, 0.3) is 0 Å². The molecule has 0 atom stereocenters. The first kappa shape index (κ1) is 17.9. The summed E-state index contributed by atoms with van der Waals surface area (Å²) in [5.74, 6) is 0. The lowest BCUT2D eigenvalue weighted by Gasteiger charge is -2.20. The number of rotatable bonds is 5. The predicted molar refractivity (Wildman–Crippen MR) is 91.3 cm³/mol. The fourth-order valence-electron chi connectivity index (χ4n) is 2.00. The normalized spacial score (nSPS) is 11.5. The van der Waals surface area contributed by atoms with E-state index in [2.05, 4.69) is 10.6 Å². The lowest BCUT2D eigenvalue weighted by Crippen LogP contribution is -2.31. The second-order valence-electron chi connectivity index (χ2n) is 4.71. The van der Waals surface area contributed by atoms with Gasteiger partial charge in [0.1, 0.15) is 0 Å². The van der Waals surface area contributed by atoms with Crippen molar-refractivity contribution in [3.8, 4) is 0 Å². The van der Waals surface area contributed by atoms with E-state index >= 15 is 0 Å². The third kappa shape index (κ3) is 3.93. The number of nitrogens with one attached hydrogen (secondary N) is 2. The molecule has 0 aliphatic heterocycles. The first-order valence-corrected chi connectivity index (χ1v) is 8.72. The van der Waals surface area contributed by atoms with Gasteiger partial charge >= 0.3 is 0 Å². The second kappa shape index (κ2) is 7.20. The number of thiocarbonyl (C=S) groups is 1. The molecule has 0 bridgehead atoms. The lowest BCUT2D eigenvalue weighted by atomic mass is 10.1. The van der Waals surface area contributed by atoms with Crippen molar-refractivity contribution in [2.24, 2.45) is 0 Å². The second-order valence-corrected chi connectivity index (χ2v) is 7.05. The molecule has 0 spiro atoms. The predicted octanol–water partition coefficient (Wildman–Crippen LogP) is 2.25. The molecule has 0 fully saturated rings. The zero-order valence-corrected chi connectivity index (χ0v) is 14.8. The Balaban J connectivity index is 3.36. The van der Waals surface area contributed by atoms with Crippen LogP contribution in [0.2, 0.25) is 0 Å². The van der Waals surface area contributed by atoms with Crippen LogP contribution >= 0.6 is 12.2 Å². The Kier molecular flexibility index (Phi) is 6.12. The molecule has 118 valence electrons. The topological polar surface area (TPSA) is 61.4 Å². The van der Waals surface area contributed by atoms with Crippen molar-refractivity contribution in [1.29, 1.82) is 0 Å². The summed E-state index contributed by atoms with van der Waals surface area (Å²) in [5.41, 5.74) is 2.59. The molecular weight excluding hydrogens is 306 g/mol. The maximum absolute atomic E-state index is 12.6. The van der Waals surface area contributed by atoms with Crippen LogP contribution in [0.3, 0.4) is 0 Å². The van der Waals surface area contributed by atoms with Crippen LogP contribution in [-0.2, 0) is 10.0 Å². The van der Waals surface area contributed by atoms with Gasteiger partial charge in [-0.15, -0.1) is 0 Å². The fourth-order valence-corrected chi connectivity index (χ4v) is 3.68. The molecule has 1 aromatic rings. The summed E-state index contributed by atoms with van der Waals surface area (Å²) in [6.45, 7) is 8.38. The summed E-state index contributed by atoms with van der Waals surface area (Å²) in [5, 5.41) is 6.30. The van der Waals surface area contributed by atoms with Gasteiger partial charge in [-0.05, 0) is 49.3 Å². The Morgan fingerprint density at radius 3 is 2.29 bits per heavy atom. The summed E-state index contributed by atoms with van der Waals surface area (Å²) in [6, 6.07) is 3.34. The highest BCUT2D eigenvalue weighted by Gasteiger charge is 2.23. The quantitative estimate of drug-likeness (QED) is 0.811. The summed E-state index contributed by atoms with van der Waals surface area (Å²) >= 11 is 5.09. The third-order valence-corrected chi connectivity index (χ3v) is 5.79. The average Bonchev–Trinajstić information content (AvgIpc) is 2.44. The number of benzene rings is 1. The van der Waals surface area contributed by atoms with Gasteiger partial charge in [-0.1, -0.05) is 13.8 Å². The van der Waals surface area contributed by atoms with Gasteiger partial charge in [-0.25, -0.2) is 8.42 Å². The molecule has 0 radical (unpaired) electrons. The van der Waals surface area contributed by atoms with E-state index in [0.29, 0.717) is 23.9 Å². The fraction of sp³-hybridized carbons (Fsp3) is 0.500. The molecule has 0 unspecified atom stereocenters. The van der Waals surface area contributed by atoms with Gasteiger partial charge in [0.15, 0.2) is 5.11 Å². The number of hydrogen-bond acceptors (Lipinski definition) is 3. The molecule has 0 saturated carbocycles. The van der Waals surface area contributed by atoms with Gasteiger partial charge in [0.2, 0.25) is 10.0 Å². The minimum absolute atomic E-state index is 0.288. The van der Waals surface area contributed by atoms with Crippen molar-refractivity contribution in [1.82, 2.24) is 9.62 Å². The molecule has 0 aliphatic rings. The van der Waals surface area contributed by atoms with Crippen LogP contribution in [-0.4, -0.2) is 38.0 Å². The molecule has 0 aromatic heterocycles. The molecular formula is C14H23N3O2S2. The highest BCUT2D eigenvalue weighted by molar-refractivity contribution is 7.89. The van der Waals surface area contributed by atoms with E-state index in [9.17, 15) is 8.42 Å². The first-order chi connectivity index (χ1) is 9.77. The number of hydrogen-bond donors (Lipinski definition) is 2. The van der Waals surface area contributed by atoms with Crippen LogP contribution in [0, 0.1) is 13.8 Å². The van der Waals surface area contributed by atoms with Crippen LogP contribution in [0.5, 0.6) is 0 Å². The Labute approximate surface area is 132 Å². The monoisotopic (exact) mass is 329 g/mol. The van der Waals surface area contributed by atoms with Crippen LogP contribution in [0.4, 0.5) is 5.69 Å². The van der Waals surface area contributed by atoms with Crippen molar-refractivity contribution in [2.75, 3.05) is 25.5 Å². The van der Waals surface area contributed by atoms with E-state index in [0.717, 1.165) is 11.1 Å². The lowest BCUT2D eigenvalue weighted by molar-refractivity contribution is 0.445. The van der Waals surface area contributed by atoms with Crippen LogP contribution in [0.15, 0.2) is 17.0 Å². The number of anilines is 1. The van der Waals surface area contributed by atoms with E-state index in [4.69, 9.17) is 12.2 Å². The van der Waals surface area contributed by atoms with Gasteiger partial charge in [-0.2, -0.15) is 4.31 Å². The smallest absolute Gasteiger partial charge is 0.243 e. The van der Waals surface area contributed by atoms with Crippen LogP contribution < -0.4 is 10.6 Å². The maximum atomic E-state index is 12.6. The highest BCUT2D eigenvalue weighted by Crippen LogP contribution is 2.26. The SMILES string of the molecule is CCN(CC)S(=O)(=O)c1cc(C)c(C)c(NC(=S)NC)c1. The summed E-state index contributed by atoms with van der Waals surface area (Å²) in [4.78, 5) is 0.288. The molecule has 0 saturated heterocycles. The molecule has 5 nitrogen and oxygen atoms in total. The molecule has 1 aromatic carbocycles. The highest BCUT2D eigenvalue weighted by atomic mass is 32.2. The van der Waals surface area contributed by atoms with Gasteiger partial charge < -0.3 is 10.6 Å². The van der Waals surface area contributed by atoms with Gasteiger partial charge in [-0.3, -0.25) is 0 Å². The van der Waals surface area contributed by atoms with Gasteiger partial charge in [0, 0.05) is 25.8 Å². The maximum Gasteiger partial charge on any atom is 0.243 e. The summed E-state index contributed by atoms with van der Waals surface area (Å²) < 4.78 is 26.7. The molecule has 0 amide bonds. The number of nitrogens with zero attached hydrogens (tertiary/aromatic N) is 1. The standard InChI is InChI=1S/C14H23N3O2S2/c1-6-17(7-2)21(18,19)12-8-10(3)11(4)13(9-12)16-14(20)15-5/h8-9H,6-7H2,1-5H3,(H2,15,16,20). The van der Waals surface area contributed by atoms with E-state index in [-0.39, 0.29) is 4.90 Å². The number of sulfonamides is 1. The van der Waals surface area contributed by atoms with Crippen LogP contribution in [0.25, 0.3) is 0 Å². The zero-order valence-electron chi connectivity index (χ0n) is 13.1. The van der Waals surface area contributed by atoms with Crippen molar-refractivity contribution in [2.45, 2.75) is 32.6 Å². The number of aryl methyl sites for hydroxylation is 1. The molecule has 0 heterocycles. The molecule has 1 rings (SSSR count). The molecule has 2 N–H and O–H groups in total. The Bertz CT molecular complexity index is 623. The minimum atomic E-state index is -3.48. The van der Waals surface area contributed by atoms with Crippen LogP contribution in [0.1, 0.15) is 25.0 Å². The van der Waals surface area contributed by atoms with E-state index in [1.807, 2.05) is 27.7 Å². The minimum Gasteiger partial charge on any atom is -0.366 e. The largest absolute Gasteiger partial charge is 0.366 e. The molecule has 0 aliphatic carbocycles. The summed E-state index contributed by atoms with van der Waals surface area (Å²) in [6.07, 6.45) is 0. The average molecular weight is 329 g/mol. The van der Waals surface area contributed by atoms with Gasteiger partial charge in [0.05, 0.1) is 4.90 Å². The van der Waals surface area contributed by atoms with Crippen molar-refractivity contribution in [3.05, 3.63) is 23.3 Å². The Morgan fingerprint density at radius 2 is 1.81 bits per heavy atom. The Morgan fingerprint density at radius 1 is 1.24 bits per heavy atom. The van der Waals surface area contributed by atoms with E-state index in [1.54, 1.807) is 19.2 Å². The molecule has 21 heavy (non-hydrogen) atoms. The Hall–Kier alpha value is -1.18. The third-order valence-electron chi connectivity index (χ3n) is 3.46.